The van der Waals surface area contributed by atoms with E-state index in [1.54, 1.807) is 5.06 Å². The molecule has 8 nitrogen and oxygen atoms in total. The molecule has 2 N–H and O–H groups in total. The van der Waals surface area contributed by atoms with Gasteiger partial charge in [0.05, 0.1) is 12.7 Å². The SMILES string of the molecule is CNC[N@@]1OC1CCC(=O)NC(C#N)Cc1ccc(C2CCN(C(=O)C(C)C)CC2)cc1. The number of carbonyl (C=O) groups is 2. The van der Waals surface area contributed by atoms with Crippen LogP contribution >= 0.6 is 0 Å². The average molecular weight is 442 g/mol. The molecule has 2 saturated heterocycles. The molecule has 0 saturated carbocycles. The van der Waals surface area contributed by atoms with Crippen molar-refractivity contribution in [2.24, 2.45) is 5.92 Å². The second kappa shape index (κ2) is 11.4. The molecule has 2 amide bonds. The van der Waals surface area contributed by atoms with Crippen LogP contribution in [0.25, 0.3) is 0 Å². The van der Waals surface area contributed by atoms with Crippen molar-refractivity contribution < 1.29 is 14.4 Å². The van der Waals surface area contributed by atoms with E-state index in [-0.39, 0.29) is 24.0 Å². The number of amides is 2. The molecule has 1 aromatic carbocycles. The molecule has 2 aliphatic rings. The standard InChI is InChI=1S/C24H35N5O3/c1-17(2)24(31)28-12-10-20(11-13-28)19-6-4-18(5-7-19)14-21(15-25)27-22(30)8-9-23-29(32-23)16-26-3/h4-7,17,20-21,23,26H,8-14,16H2,1-3H3,(H,27,30)/t21?,23?,29-/m1/s1. The summed E-state index contributed by atoms with van der Waals surface area (Å²) in [7, 11) is 1.84. The van der Waals surface area contributed by atoms with Gasteiger partial charge in [0.25, 0.3) is 0 Å². The van der Waals surface area contributed by atoms with Crippen LogP contribution < -0.4 is 10.6 Å². The summed E-state index contributed by atoms with van der Waals surface area (Å²) in [5, 5.41) is 17.1. The van der Waals surface area contributed by atoms with Crippen molar-refractivity contribution in [2.75, 3.05) is 26.8 Å². The molecule has 0 aliphatic carbocycles. The van der Waals surface area contributed by atoms with Gasteiger partial charge in [0.2, 0.25) is 11.8 Å². The van der Waals surface area contributed by atoms with Crippen molar-refractivity contribution in [3.63, 3.8) is 0 Å². The van der Waals surface area contributed by atoms with Gasteiger partial charge in [-0.3, -0.25) is 14.4 Å². The number of nitrogens with one attached hydrogen (secondary N) is 2. The summed E-state index contributed by atoms with van der Waals surface area (Å²) in [4.78, 5) is 31.7. The lowest BCUT2D eigenvalue weighted by Gasteiger charge is -2.33. The fourth-order valence-electron chi connectivity index (χ4n) is 4.23. The minimum absolute atomic E-state index is 0.0170. The third-order valence-electron chi connectivity index (χ3n) is 6.15. The van der Waals surface area contributed by atoms with E-state index in [4.69, 9.17) is 4.84 Å². The zero-order chi connectivity index (χ0) is 23.1. The molecule has 32 heavy (non-hydrogen) atoms. The lowest BCUT2D eigenvalue weighted by Crippen LogP contribution is -2.40. The van der Waals surface area contributed by atoms with Crippen LogP contribution in [-0.4, -0.2) is 60.9 Å². The Morgan fingerprint density at radius 1 is 1.22 bits per heavy atom. The molecule has 3 rings (SSSR count). The van der Waals surface area contributed by atoms with Crippen molar-refractivity contribution in [1.82, 2.24) is 20.6 Å². The zero-order valence-corrected chi connectivity index (χ0v) is 19.3. The topological polar surface area (TPSA) is 101 Å². The lowest BCUT2D eigenvalue weighted by molar-refractivity contribution is -0.135. The van der Waals surface area contributed by atoms with E-state index >= 15 is 0 Å². The highest BCUT2D eigenvalue weighted by Crippen LogP contribution is 2.29. The van der Waals surface area contributed by atoms with Gasteiger partial charge in [-0.15, -0.1) is 5.06 Å². The zero-order valence-electron chi connectivity index (χ0n) is 19.3. The largest absolute Gasteiger partial charge is 0.342 e. The maximum absolute atomic E-state index is 12.2. The normalized spacial score (nSPS) is 21.8. The van der Waals surface area contributed by atoms with Gasteiger partial charge in [-0.25, -0.2) is 0 Å². The summed E-state index contributed by atoms with van der Waals surface area (Å²) in [6, 6.07) is 9.98. The summed E-state index contributed by atoms with van der Waals surface area (Å²) in [5.74, 6) is 0.618. The second-order valence-corrected chi connectivity index (χ2v) is 8.98. The molecular formula is C24H35N5O3. The number of likely N-dealkylation sites (tertiary alicyclic amines) is 1. The van der Waals surface area contributed by atoms with Crippen LogP contribution in [0, 0.1) is 17.2 Å². The van der Waals surface area contributed by atoms with Gasteiger partial charge >= 0.3 is 0 Å². The Balaban J connectivity index is 1.42. The molecule has 0 spiro atoms. The predicted molar refractivity (Wildman–Crippen MR) is 121 cm³/mol. The molecular weight excluding hydrogens is 406 g/mol. The number of hydrogen-bond donors (Lipinski definition) is 2. The minimum Gasteiger partial charge on any atom is -0.342 e. The Hall–Kier alpha value is -2.47. The van der Waals surface area contributed by atoms with Crippen LogP contribution in [0.4, 0.5) is 0 Å². The second-order valence-electron chi connectivity index (χ2n) is 8.98. The molecule has 3 atom stereocenters. The minimum atomic E-state index is -0.549. The number of piperidine rings is 1. The van der Waals surface area contributed by atoms with Gasteiger partial charge in [-0.1, -0.05) is 38.1 Å². The Kier molecular flexibility index (Phi) is 8.62. The summed E-state index contributed by atoms with van der Waals surface area (Å²) in [5.41, 5.74) is 2.30. The molecule has 2 fully saturated rings. The molecule has 8 heteroatoms. The van der Waals surface area contributed by atoms with E-state index in [9.17, 15) is 14.9 Å². The third kappa shape index (κ3) is 6.76. The first-order chi connectivity index (χ1) is 15.4. The van der Waals surface area contributed by atoms with Crippen LogP contribution in [0.5, 0.6) is 0 Å². The molecule has 0 bridgehead atoms. The van der Waals surface area contributed by atoms with Crippen molar-refractivity contribution >= 4 is 11.8 Å². The van der Waals surface area contributed by atoms with E-state index in [1.165, 1.54) is 5.56 Å². The van der Waals surface area contributed by atoms with Gasteiger partial charge in [0.1, 0.15) is 6.04 Å². The van der Waals surface area contributed by atoms with Crippen molar-refractivity contribution in [1.29, 1.82) is 5.26 Å². The Labute approximate surface area is 190 Å². The van der Waals surface area contributed by atoms with Crippen molar-refractivity contribution in [3.05, 3.63) is 35.4 Å². The smallest absolute Gasteiger partial charge is 0.225 e. The van der Waals surface area contributed by atoms with Crippen LogP contribution in [0.1, 0.15) is 56.6 Å². The fraction of sp³-hybridized carbons (Fsp3) is 0.625. The first-order valence-electron chi connectivity index (χ1n) is 11.6. The van der Waals surface area contributed by atoms with Crippen LogP contribution in [-0.2, 0) is 20.8 Å². The van der Waals surface area contributed by atoms with E-state index in [0.717, 1.165) is 31.5 Å². The van der Waals surface area contributed by atoms with Gasteiger partial charge in [0.15, 0.2) is 6.23 Å². The summed E-state index contributed by atoms with van der Waals surface area (Å²) >= 11 is 0. The molecule has 0 radical (unpaired) electrons. The maximum atomic E-state index is 12.2. The summed E-state index contributed by atoms with van der Waals surface area (Å²) in [6.45, 7) is 6.15. The summed E-state index contributed by atoms with van der Waals surface area (Å²) in [6.07, 6.45) is 3.37. The lowest BCUT2D eigenvalue weighted by atomic mass is 9.88. The highest BCUT2D eigenvalue weighted by molar-refractivity contribution is 5.78. The quantitative estimate of drug-likeness (QED) is 0.540. The highest BCUT2D eigenvalue weighted by Gasteiger charge is 2.35. The highest BCUT2D eigenvalue weighted by atomic mass is 16.8. The molecule has 174 valence electrons. The Morgan fingerprint density at radius 3 is 2.50 bits per heavy atom. The number of nitrogens with zero attached hydrogens (tertiary/aromatic N) is 3. The molecule has 2 aliphatic heterocycles. The Morgan fingerprint density at radius 2 is 1.91 bits per heavy atom. The number of benzene rings is 1. The van der Waals surface area contributed by atoms with Crippen LogP contribution in [0.2, 0.25) is 0 Å². The number of carbonyl (C=O) groups excluding carboxylic acids is 2. The molecule has 0 aromatic heterocycles. The first-order valence-corrected chi connectivity index (χ1v) is 11.6. The van der Waals surface area contributed by atoms with E-state index in [1.807, 2.05) is 37.9 Å². The summed E-state index contributed by atoms with van der Waals surface area (Å²) < 4.78 is 0. The molecule has 1 aromatic rings. The molecule has 2 heterocycles. The molecule has 2 unspecified atom stereocenters. The average Bonchev–Trinajstić information content (AvgIpc) is 3.55. The van der Waals surface area contributed by atoms with Gasteiger partial charge in [-0.2, -0.15) is 5.26 Å². The number of nitriles is 1. The van der Waals surface area contributed by atoms with E-state index < -0.39 is 6.04 Å². The van der Waals surface area contributed by atoms with Crippen molar-refractivity contribution in [3.8, 4) is 6.07 Å². The number of hydroxylamine groups is 2. The Bertz CT molecular complexity index is 812. The van der Waals surface area contributed by atoms with Gasteiger partial charge < -0.3 is 15.5 Å². The van der Waals surface area contributed by atoms with Crippen molar-refractivity contribution in [2.45, 2.75) is 64.1 Å². The van der Waals surface area contributed by atoms with Crippen LogP contribution in [0.15, 0.2) is 24.3 Å². The maximum Gasteiger partial charge on any atom is 0.225 e. The van der Waals surface area contributed by atoms with Gasteiger partial charge in [-0.05, 0) is 43.4 Å². The van der Waals surface area contributed by atoms with E-state index in [2.05, 4.69) is 28.8 Å². The predicted octanol–water partition coefficient (Wildman–Crippen LogP) is 2.13. The monoisotopic (exact) mass is 441 g/mol. The number of rotatable bonds is 10. The first kappa shape index (κ1) is 24.2. The fourth-order valence-corrected chi connectivity index (χ4v) is 4.23. The number of hydrogen-bond acceptors (Lipinski definition) is 6. The van der Waals surface area contributed by atoms with E-state index in [0.29, 0.717) is 31.8 Å². The van der Waals surface area contributed by atoms with Crippen LogP contribution in [0.3, 0.4) is 0 Å². The van der Waals surface area contributed by atoms with Gasteiger partial charge in [0, 0.05) is 31.8 Å². The third-order valence-corrected chi connectivity index (χ3v) is 6.15.